The molecule has 1 unspecified atom stereocenters. The number of likely N-dealkylation sites (N-methyl/N-ethyl adjacent to an activating group) is 2. The summed E-state index contributed by atoms with van der Waals surface area (Å²) in [5, 5.41) is 30.5. The zero-order valence-electron chi connectivity index (χ0n) is 26.6. The summed E-state index contributed by atoms with van der Waals surface area (Å²) in [5.74, 6) is 2.75. The molecule has 3 amide bonds. The minimum atomic E-state index is -1.23. The van der Waals surface area contributed by atoms with E-state index in [1.807, 2.05) is 30.3 Å². The molecule has 6 atom stereocenters. The molecule has 0 aliphatic heterocycles. The topological polar surface area (TPSA) is 131 Å². The highest BCUT2D eigenvalue weighted by molar-refractivity contribution is 5.91. The van der Waals surface area contributed by atoms with E-state index >= 15 is 0 Å². The number of carbonyl (C=O) groups is 3. The van der Waals surface area contributed by atoms with Gasteiger partial charge in [-0.3, -0.25) is 14.4 Å². The van der Waals surface area contributed by atoms with Crippen LogP contribution in [0.5, 0.6) is 0 Å². The Morgan fingerprint density at radius 2 is 1.73 bits per heavy atom. The molecule has 0 bridgehead atoms. The molecule has 1 fully saturated rings. The van der Waals surface area contributed by atoms with Crippen molar-refractivity contribution in [1.29, 1.82) is 0 Å². The van der Waals surface area contributed by atoms with Crippen LogP contribution in [0.25, 0.3) is 0 Å². The number of carbonyl (C=O) groups excluding carboxylic acids is 3. The molecular formula is C35H52N4O5. The number of aliphatic hydroxyl groups is 2. The van der Waals surface area contributed by atoms with Crippen LogP contribution in [-0.4, -0.2) is 84.3 Å². The van der Waals surface area contributed by atoms with Crippen LogP contribution in [-0.2, 0) is 20.8 Å². The van der Waals surface area contributed by atoms with Crippen molar-refractivity contribution in [2.45, 2.75) is 95.4 Å². The van der Waals surface area contributed by atoms with Gasteiger partial charge in [0.1, 0.15) is 12.1 Å². The fourth-order valence-electron chi connectivity index (χ4n) is 5.72. The number of nitrogens with zero attached hydrogens (tertiary/aromatic N) is 1. The monoisotopic (exact) mass is 608 g/mol. The van der Waals surface area contributed by atoms with Crippen LogP contribution in [0, 0.1) is 42.4 Å². The van der Waals surface area contributed by atoms with Gasteiger partial charge in [-0.15, -0.1) is 24.7 Å². The largest absolute Gasteiger partial charge is 0.390 e. The van der Waals surface area contributed by atoms with Crippen molar-refractivity contribution in [3.63, 3.8) is 0 Å². The summed E-state index contributed by atoms with van der Waals surface area (Å²) in [6.45, 7) is 2.78. The van der Waals surface area contributed by atoms with Crippen LogP contribution in [0.3, 0.4) is 0 Å². The first-order valence-electron chi connectivity index (χ1n) is 15.9. The summed E-state index contributed by atoms with van der Waals surface area (Å²) in [7, 11) is 3.50. The first-order chi connectivity index (χ1) is 21.1. The third-order valence-corrected chi connectivity index (χ3v) is 8.61. The molecule has 0 aromatic heterocycles. The Labute approximate surface area is 263 Å². The van der Waals surface area contributed by atoms with Crippen molar-refractivity contribution in [3.8, 4) is 24.7 Å². The average Bonchev–Trinajstić information content (AvgIpc) is 3.04. The van der Waals surface area contributed by atoms with Gasteiger partial charge in [0.15, 0.2) is 0 Å². The van der Waals surface area contributed by atoms with Gasteiger partial charge in [-0.1, -0.05) is 62.4 Å². The van der Waals surface area contributed by atoms with Gasteiger partial charge < -0.3 is 31.1 Å². The second-order valence-corrected chi connectivity index (χ2v) is 12.1. The van der Waals surface area contributed by atoms with Crippen molar-refractivity contribution in [2.75, 3.05) is 27.2 Å². The van der Waals surface area contributed by atoms with Crippen LogP contribution < -0.4 is 16.0 Å². The Kier molecular flexibility index (Phi) is 16.6. The molecule has 0 heterocycles. The third-order valence-electron chi connectivity index (χ3n) is 8.61. The molecule has 1 aromatic carbocycles. The van der Waals surface area contributed by atoms with Crippen molar-refractivity contribution in [2.24, 2.45) is 17.8 Å². The predicted octanol–water partition coefficient (Wildman–Crippen LogP) is 2.26. The van der Waals surface area contributed by atoms with Gasteiger partial charge in [0, 0.05) is 38.9 Å². The molecule has 9 nitrogen and oxygen atoms in total. The van der Waals surface area contributed by atoms with Crippen molar-refractivity contribution >= 4 is 17.7 Å². The van der Waals surface area contributed by atoms with E-state index in [9.17, 15) is 24.6 Å². The van der Waals surface area contributed by atoms with Gasteiger partial charge in [-0.05, 0) is 44.7 Å². The predicted molar refractivity (Wildman–Crippen MR) is 173 cm³/mol. The van der Waals surface area contributed by atoms with E-state index in [4.69, 9.17) is 12.8 Å². The standard InChI is InChI=1S/C35H52N4O5/c1-6-8-19-30(40)33(42)29(23-27-17-13-10-14-18-27)37-35(44)32(25(3)7-2)38-34(43)28(22-26-15-11-9-12-16-26)24-31(41)39(5)21-20-36-4/h1-2,9,11-12,15-16,25,27-30,32-33,36,40,42H,8,10,13-14,17-24H2,3-5H3,(H,37,44)(H,38,43)/t25?,28-,29+,30+,32+,33-/m1/s1. The number of aliphatic hydroxyl groups excluding tert-OH is 2. The molecular weight excluding hydrogens is 556 g/mol. The molecule has 1 saturated carbocycles. The van der Waals surface area contributed by atoms with Crippen LogP contribution in [0.4, 0.5) is 0 Å². The number of rotatable bonds is 18. The number of amides is 3. The molecule has 1 aliphatic carbocycles. The van der Waals surface area contributed by atoms with Crippen LogP contribution in [0.1, 0.15) is 70.3 Å². The fourth-order valence-corrected chi connectivity index (χ4v) is 5.72. The van der Waals surface area contributed by atoms with E-state index < -0.39 is 47.9 Å². The van der Waals surface area contributed by atoms with E-state index in [2.05, 4.69) is 27.8 Å². The lowest BCUT2D eigenvalue weighted by Crippen LogP contribution is -2.57. The molecule has 1 aromatic rings. The van der Waals surface area contributed by atoms with Gasteiger partial charge in [0.05, 0.1) is 18.1 Å². The highest BCUT2D eigenvalue weighted by Gasteiger charge is 2.35. The number of terminal acetylenes is 2. The minimum absolute atomic E-state index is 0.0376. The number of benzene rings is 1. The maximum absolute atomic E-state index is 13.8. The fraction of sp³-hybridized carbons (Fsp3) is 0.629. The van der Waals surface area contributed by atoms with Gasteiger partial charge in [0.2, 0.25) is 17.7 Å². The number of hydrogen-bond acceptors (Lipinski definition) is 6. The van der Waals surface area contributed by atoms with Crippen LogP contribution in [0.2, 0.25) is 0 Å². The van der Waals surface area contributed by atoms with Gasteiger partial charge in [-0.25, -0.2) is 0 Å². The lowest BCUT2D eigenvalue weighted by molar-refractivity contribution is -0.137. The molecule has 44 heavy (non-hydrogen) atoms. The summed E-state index contributed by atoms with van der Waals surface area (Å²) in [4.78, 5) is 42.2. The van der Waals surface area contributed by atoms with E-state index in [0.29, 0.717) is 38.3 Å². The Bertz CT molecular complexity index is 1110. The van der Waals surface area contributed by atoms with Crippen molar-refractivity contribution < 1.29 is 24.6 Å². The maximum Gasteiger partial charge on any atom is 0.244 e. The van der Waals surface area contributed by atoms with Gasteiger partial charge >= 0.3 is 0 Å². The second-order valence-electron chi connectivity index (χ2n) is 12.1. The molecule has 2 rings (SSSR count). The third kappa shape index (κ3) is 12.3. The highest BCUT2D eigenvalue weighted by atomic mass is 16.3. The van der Waals surface area contributed by atoms with E-state index in [0.717, 1.165) is 37.7 Å². The molecule has 5 N–H and O–H groups in total. The molecule has 1 aliphatic rings. The Morgan fingerprint density at radius 3 is 2.34 bits per heavy atom. The second kappa shape index (κ2) is 19.8. The molecule has 0 saturated heterocycles. The van der Waals surface area contributed by atoms with Crippen molar-refractivity contribution in [1.82, 2.24) is 20.9 Å². The Morgan fingerprint density at radius 1 is 1.05 bits per heavy atom. The summed E-state index contributed by atoms with van der Waals surface area (Å²) >= 11 is 0. The zero-order chi connectivity index (χ0) is 32.5. The van der Waals surface area contributed by atoms with E-state index in [-0.39, 0.29) is 18.7 Å². The lowest BCUT2D eigenvalue weighted by atomic mass is 9.82. The quantitative estimate of drug-likeness (QED) is 0.163. The highest BCUT2D eigenvalue weighted by Crippen LogP contribution is 2.29. The first kappa shape index (κ1) is 36.8. The van der Waals surface area contributed by atoms with E-state index in [1.165, 1.54) is 0 Å². The average molecular weight is 609 g/mol. The minimum Gasteiger partial charge on any atom is -0.390 e. The number of hydrogen-bond donors (Lipinski definition) is 5. The summed E-state index contributed by atoms with van der Waals surface area (Å²) < 4.78 is 0. The SMILES string of the molecule is C#CCC[C@H](O)[C@H](O)[C@H](CC1CCCCC1)NC(=O)[C@@H](NC(=O)[C@@H](CC(=O)N(C)CCNC)Cc1ccccc1)C(C)C#C. The van der Waals surface area contributed by atoms with E-state index in [1.54, 1.807) is 25.9 Å². The Balaban J connectivity index is 2.26. The van der Waals surface area contributed by atoms with Crippen molar-refractivity contribution in [3.05, 3.63) is 35.9 Å². The Hall–Kier alpha value is -3.37. The van der Waals surface area contributed by atoms with Gasteiger partial charge in [0.25, 0.3) is 0 Å². The molecule has 9 heteroatoms. The lowest BCUT2D eigenvalue weighted by Gasteiger charge is -2.34. The first-order valence-corrected chi connectivity index (χ1v) is 15.9. The van der Waals surface area contributed by atoms with Crippen LogP contribution >= 0.6 is 0 Å². The number of nitrogens with one attached hydrogen (secondary N) is 3. The maximum atomic E-state index is 13.8. The summed E-state index contributed by atoms with van der Waals surface area (Å²) in [6, 6.07) is 7.57. The smallest absolute Gasteiger partial charge is 0.244 e. The molecule has 242 valence electrons. The van der Waals surface area contributed by atoms with Gasteiger partial charge in [-0.2, -0.15) is 0 Å². The summed E-state index contributed by atoms with van der Waals surface area (Å²) in [5.41, 5.74) is 0.890. The van der Waals surface area contributed by atoms with Crippen LogP contribution in [0.15, 0.2) is 30.3 Å². The molecule has 0 radical (unpaired) electrons. The summed E-state index contributed by atoms with van der Waals surface area (Å²) in [6.07, 6.45) is 15.3. The molecule has 0 spiro atoms. The zero-order valence-corrected chi connectivity index (χ0v) is 26.6. The normalized spacial score (nSPS) is 17.5.